The summed E-state index contributed by atoms with van der Waals surface area (Å²) in [6, 6.07) is 7.83. The quantitative estimate of drug-likeness (QED) is 0.419. The Balaban J connectivity index is 1.97. The van der Waals surface area contributed by atoms with E-state index >= 15 is 0 Å². The summed E-state index contributed by atoms with van der Waals surface area (Å²) < 4.78 is 0. The van der Waals surface area contributed by atoms with Gasteiger partial charge < -0.3 is 5.73 Å². The van der Waals surface area contributed by atoms with Crippen molar-refractivity contribution in [3.05, 3.63) is 29.8 Å². The largest absolute Gasteiger partial charge is 0.399 e. The normalized spacial score (nSPS) is 10.7. The molecule has 0 aliphatic heterocycles. The molecule has 118 valence electrons. The topological polar surface area (TPSA) is 43.1 Å². The minimum Gasteiger partial charge on any atom is -0.399 e. The second kappa shape index (κ2) is 11.4. The summed E-state index contributed by atoms with van der Waals surface area (Å²) in [6.07, 6.45) is 12.6. The van der Waals surface area contributed by atoms with Gasteiger partial charge in [0.15, 0.2) is 0 Å². The van der Waals surface area contributed by atoms with Crippen molar-refractivity contribution >= 4 is 11.5 Å². The fraction of sp³-hybridized carbons (Fsp3) is 0.632. The van der Waals surface area contributed by atoms with Crippen LogP contribution in [0, 0.1) is 0 Å². The lowest BCUT2D eigenvalue weighted by molar-refractivity contribution is -0.119. The summed E-state index contributed by atoms with van der Waals surface area (Å²) in [6.45, 7) is 2.25. The van der Waals surface area contributed by atoms with E-state index in [-0.39, 0.29) is 0 Å². The van der Waals surface area contributed by atoms with Crippen LogP contribution in [0.4, 0.5) is 5.69 Å². The maximum atomic E-state index is 11.8. The number of carbonyl (C=O) groups is 1. The highest BCUT2D eigenvalue weighted by Gasteiger charge is 2.03. The van der Waals surface area contributed by atoms with Gasteiger partial charge in [0.1, 0.15) is 5.78 Å². The third-order valence-electron chi connectivity index (χ3n) is 3.98. The molecule has 0 aliphatic carbocycles. The molecule has 2 N–H and O–H groups in total. The molecule has 0 atom stereocenters. The van der Waals surface area contributed by atoms with Crippen LogP contribution in [0.2, 0.25) is 0 Å². The molecule has 0 saturated heterocycles. The van der Waals surface area contributed by atoms with E-state index in [1.807, 2.05) is 24.3 Å². The maximum absolute atomic E-state index is 11.8. The zero-order valence-electron chi connectivity index (χ0n) is 13.6. The van der Waals surface area contributed by atoms with Crippen LogP contribution < -0.4 is 5.73 Å². The number of anilines is 1. The number of benzene rings is 1. The van der Waals surface area contributed by atoms with Crippen molar-refractivity contribution in [2.75, 3.05) is 5.73 Å². The van der Waals surface area contributed by atoms with Gasteiger partial charge in [-0.05, 0) is 30.5 Å². The van der Waals surface area contributed by atoms with Crippen molar-refractivity contribution < 1.29 is 4.79 Å². The number of hydrogen-bond acceptors (Lipinski definition) is 2. The van der Waals surface area contributed by atoms with E-state index in [9.17, 15) is 4.79 Å². The van der Waals surface area contributed by atoms with E-state index in [1.165, 1.54) is 50.5 Å². The Hall–Kier alpha value is -1.31. The second-order valence-corrected chi connectivity index (χ2v) is 6.01. The van der Waals surface area contributed by atoms with Gasteiger partial charge in [-0.15, -0.1) is 0 Å². The summed E-state index contributed by atoms with van der Waals surface area (Å²) in [5, 5.41) is 0. The van der Waals surface area contributed by atoms with Crippen LogP contribution in [0.25, 0.3) is 0 Å². The SMILES string of the molecule is CCCCCCCCCCC(=O)CCc1ccc(N)cc1. The highest BCUT2D eigenvalue weighted by Crippen LogP contribution is 2.12. The van der Waals surface area contributed by atoms with Crippen molar-refractivity contribution in [3.8, 4) is 0 Å². The van der Waals surface area contributed by atoms with Gasteiger partial charge >= 0.3 is 0 Å². The van der Waals surface area contributed by atoms with Crippen LogP contribution in [0.15, 0.2) is 24.3 Å². The molecule has 0 aromatic heterocycles. The van der Waals surface area contributed by atoms with Crippen LogP contribution in [0.5, 0.6) is 0 Å². The average Bonchev–Trinajstić information content (AvgIpc) is 2.49. The molecule has 2 heteroatoms. The molecule has 0 heterocycles. The van der Waals surface area contributed by atoms with Crippen LogP contribution in [-0.2, 0) is 11.2 Å². The first-order valence-corrected chi connectivity index (χ1v) is 8.58. The van der Waals surface area contributed by atoms with Gasteiger partial charge in [0.25, 0.3) is 0 Å². The Morgan fingerprint density at radius 3 is 2.05 bits per heavy atom. The first kappa shape index (κ1) is 17.7. The van der Waals surface area contributed by atoms with Gasteiger partial charge in [0.2, 0.25) is 0 Å². The van der Waals surface area contributed by atoms with Crippen molar-refractivity contribution in [3.63, 3.8) is 0 Å². The molecule has 0 amide bonds. The molecule has 0 spiro atoms. The van der Waals surface area contributed by atoms with Crippen molar-refractivity contribution in [1.82, 2.24) is 0 Å². The highest BCUT2D eigenvalue weighted by molar-refractivity contribution is 5.78. The number of ketones is 1. The first-order valence-electron chi connectivity index (χ1n) is 8.58. The number of nitrogen functional groups attached to an aromatic ring is 1. The molecule has 21 heavy (non-hydrogen) atoms. The minimum absolute atomic E-state index is 0.401. The molecule has 1 aromatic rings. The Morgan fingerprint density at radius 2 is 1.43 bits per heavy atom. The van der Waals surface area contributed by atoms with Crippen molar-refractivity contribution in [1.29, 1.82) is 0 Å². The molecule has 0 unspecified atom stereocenters. The molecule has 2 nitrogen and oxygen atoms in total. The average molecular weight is 289 g/mol. The van der Waals surface area contributed by atoms with Gasteiger partial charge in [-0.2, -0.15) is 0 Å². The van der Waals surface area contributed by atoms with Crippen LogP contribution >= 0.6 is 0 Å². The van der Waals surface area contributed by atoms with E-state index < -0.39 is 0 Å². The van der Waals surface area contributed by atoms with Crippen LogP contribution in [0.3, 0.4) is 0 Å². The zero-order valence-corrected chi connectivity index (χ0v) is 13.6. The third-order valence-corrected chi connectivity index (χ3v) is 3.98. The molecular formula is C19H31NO. The summed E-state index contributed by atoms with van der Waals surface area (Å²) in [5.41, 5.74) is 7.63. The molecule has 0 radical (unpaired) electrons. The molecule has 0 bridgehead atoms. The van der Waals surface area contributed by atoms with Crippen molar-refractivity contribution in [2.24, 2.45) is 0 Å². The van der Waals surface area contributed by atoms with E-state index in [1.54, 1.807) is 0 Å². The zero-order chi connectivity index (χ0) is 15.3. The van der Waals surface area contributed by atoms with Gasteiger partial charge in [-0.25, -0.2) is 0 Å². The van der Waals surface area contributed by atoms with Gasteiger partial charge in [0.05, 0.1) is 0 Å². The Labute approximate surface area is 130 Å². The summed E-state index contributed by atoms with van der Waals surface area (Å²) in [7, 11) is 0. The number of rotatable bonds is 12. The lowest BCUT2D eigenvalue weighted by atomic mass is 10.0. The van der Waals surface area contributed by atoms with Gasteiger partial charge in [0, 0.05) is 18.5 Å². The summed E-state index contributed by atoms with van der Waals surface area (Å²) in [5.74, 6) is 0.401. The van der Waals surface area contributed by atoms with Crippen LogP contribution in [0.1, 0.15) is 76.7 Å². The monoisotopic (exact) mass is 289 g/mol. The number of hydrogen-bond donors (Lipinski definition) is 1. The Bertz CT molecular complexity index is 383. The fourth-order valence-electron chi connectivity index (χ4n) is 2.55. The van der Waals surface area contributed by atoms with Gasteiger partial charge in [-0.3, -0.25) is 4.79 Å². The van der Waals surface area contributed by atoms with Gasteiger partial charge in [-0.1, -0.05) is 64.0 Å². The van der Waals surface area contributed by atoms with E-state index in [4.69, 9.17) is 5.73 Å². The van der Waals surface area contributed by atoms with Crippen LogP contribution in [-0.4, -0.2) is 5.78 Å². The van der Waals surface area contributed by atoms with E-state index in [2.05, 4.69) is 6.92 Å². The summed E-state index contributed by atoms with van der Waals surface area (Å²) >= 11 is 0. The predicted octanol–water partition coefficient (Wildman–Crippen LogP) is 5.30. The van der Waals surface area contributed by atoms with Crippen molar-refractivity contribution in [2.45, 2.75) is 77.6 Å². The smallest absolute Gasteiger partial charge is 0.133 e. The fourth-order valence-corrected chi connectivity index (χ4v) is 2.55. The highest BCUT2D eigenvalue weighted by atomic mass is 16.1. The lowest BCUT2D eigenvalue weighted by Crippen LogP contribution is -2.00. The second-order valence-electron chi connectivity index (χ2n) is 6.01. The molecule has 0 fully saturated rings. The maximum Gasteiger partial charge on any atom is 0.133 e. The predicted molar refractivity (Wildman–Crippen MR) is 91.4 cm³/mol. The molecule has 0 saturated carbocycles. The molecular weight excluding hydrogens is 258 g/mol. The minimum atomic E-state index is 0.401. The number of Topliss-reactive ketones (excluding diaryl/α,β-unsaturated/α-hetero) is 1. The summed E-state index contributed by atoms with van der Waals surface area (Å²) in [4.78, 5) is 11.8. The molecule has 1 aromatic carbocycles. The lowest BCUT2D eigenvalue weighted by Gasteiger charge is -2.03. The number of nitrogens with two attached hydrogens (primary N) is 1. The number of unbranched alkanes of at least 4 members (excludes halogenated alkanes) is 7. The number of carbonyl (C=O) groups excluding carboxylic acids is 1. The van der Waals surface area contributed by atoms with E-state index in [0.717, 1.165) is 24.9 Å². The third kappa shape index (κ3) is 9.28. The molecule has 1 rings (SSSR count). The standard InChI is InChI=1S/C19H31NO/c1-2-3-4-5-6-7-8-9-10-19(21)16-13-17-11-14-18(20)15-12-17/h11-12,14-15H,2-10,13,16,20H2,1H3. The van der Waals surface area contributed by atoms with E-state index in [0.29, 0.717) is 12.2 Å². The Kier molecular flexibility index (Phi) is 9.60. The first-order chi connectivity index (χ1) is 10.2. The molecule has 0 aliphatic rings. The number of aryl methyl sites for hydroxylation is 1. The Morgan fingerprint density at radius 1 is 0.857 bits per heavy atom.